The molecule has 0 spiro atoms. The topological polar surface area (TPSA) is 73.2 Å². The molecule has 1 aromatic rings. The van der Waals surface area contributed by atoms with Crippen molar-refractivity contribution in [3.63, 3.8) is 0 Å². The van der Waals surface area contributed by atoms with Crippen LogP contribution in [0, 0.1) is 17.2 Å². The second-order valence-corrected chi connectivity index (χ2v) is 5.35. The lowest BCUT2D eigenvalue weighted by Crippen LogP contribution is -2.38. The maximum Gasteiger partial charge on any atom is 0.227 e. The molecule has 21 heavy (non-hydrogen) atoms. The first kappa shape index (κ1) is 15.0. The van der Waals surface area contributed by atoms with Gasteiger partial charge in [0.05, 0.1) is 17.2 Å². The van der Waals surface area contributed by atoms with Crippen LogP contribution >= 0.6 is 0 Å². The number of amides is 2. The fourth-order valence-electron chi connectivity index (χ4n) is 2.38. The summed E-state index contributed by atoms with van der Waals surface area (Å²) in [6, 6.07) is 9.15. The van der Waals surface area contributed by atoms with Crippen LogP contribution < -0.4 is 10.2 Å². The van der Waals surface area contributed by atoms with Gasteiger partial charge in [-0.05, 0) is 25.5 Å². The molecule has 1 saturated heterocycles. The summed E-state index contributed by atoms with van der Waals surface area (Å²) in [6.07, 6.45) is 1.05. The summed E-state index contributed by atoms with van der Waals surface area (Å²) < 4.78 is 0. The van der Waals surface area contributed by atoms with E-state index in [0.29, 0.717) is 17.8 Å². The van der Waals surface area contributed by atoms with E-state index in [0.717, 1.165) is 6.42 Å². The van der Waals surface area contributed by atoms with Gasteiger partial charge in [-0.2, -0.15) is 5.26 Å². The quantitative estimate of drug-likeness (QED) is 0.917. The van der Waals surface area contributed by atoms with E-state index in [1.165, 1.54) is 0 Å². The van der Waals surface area contributed by atoms with Crippen molar-refractivity contribution in [2.45, 2.75) is 32.7 Å². The zero-order valence-corrected chi connectivity index (χ0v) is 12.3. The number of carbonyl (C=O) groups is 2. The van der Waals surface area contributed by atoms with Crippen molar-refractivity contribution >= 4 is 17.5 Å². The van der Waals surface area contributed by atoms with Gasteiger partial charge in [0.2, 0.25) is 11.8 Å². The summed E-state index contributed by atoms with van der Waals surface area (Å²) in [5, 5.41) is 12.0. The molecule has 0 aliphatic carbocycles. The van der Waals surface area contributed by atoms with E-state index < -0.39 is 0 Å². The Balaban J connectivity index is 2.13. The fraction of sp³-hybridized carbons (Fsp3) is 0.438. The highest BCUT2D eigenvalue weighted by Crippen LogP contribution is 2.27. The highest BCUT2D eigenvalue weighted by Gasteiger charge is 2.36. The van der Waals surface area contributed by atoms with Crippen LogP contribution in [0.1, 0.15) is 32.3 Å². The van der Waals surface area contributed by atoms with Gasteiger partial charge in [-0.25, -0.2) is 0 Å². The first-order valence-corrected chi connectivity index (χ1v) is 7.16. The van der Waals surface area contributed by atoms with E-state index in [1.54, 1.807) is 29.2 Å². The fourth-order valence-corrected chi connectivity index (χ4v) is 2.38. The van der Waals surface area contributed by atoms with E-state index in [1.807, 2.05) is 13.8 Å². The third-order valence-corrected chi connectivity index (χ3v) is 3.81. The van der Waals surface area contributed by atoms with Crippen LogP contribution in [-0.2, 0) is 9.59 Å². The molecule has 0 bridgehead atoms. The third-order valence-electron chi connectivity index (χ3n) is 3.81. The van der Waals surface area contributed by atoms with Crippen LogP contribution in [0.3, 0.4) is 0 Å². The lowest BCUT2D eigenvalue weighted by Gasteiger charge is -2.18. The third kappa shape index (κ3) is 3.22. The lowest BCUT2D eigenvalue weighted by molar-refractivity contribution is -0.126. The van der Waals surface area contributed by atoms with Gasteiger partial charge in [0.1, 0.15) is 6.07 Å². The van der Waals surface area contributed by atoms with Crippen molar-refractivity contribution in [2.24, 2.45) is 5.92 Å². The summed E-state index contributed by atoms with van der Waals surface area (Å²) >= 11 is 0. The lowest BCUT2D eigenvalue weighted by atomic mass is 10.1. The van der Waals surface area contributed by atoms with Crippen LogP contribution in [-0.4, -0.2) is 24.4 Å². The number of nitrogens with zero attached hydrogens (tertiary/aromatic N) is 2. The SMILES string of the molecule is CCC(C)NC(=O)C1CC(=O)N(c2ccccc2C#N)C1. The molecule has 110 valence electrons. The molecule has 2 rings (SSSR count). The smallest absolute Gasteiger partial charge is 0.227 e. The van der Waals surface area contributed by atoms with Crippen molar-refractivity contribution < 1.29 is 9.59 Å². The Hall–Kier alpha value is -2.35. The summed E-state index contributed by atoms with van der Waals surface area (Å²) in [7, 11) is 0. The van der Waals surface area contributed by atoms with E-state index in [4.69, 9.17) is 5.26 Å². The van der Waals surface area contributed by atoms with Crippen LogP contribution in [0.15, 0.2) is 24.3 Å². The Bertz CT molecular complexity index is 591. The van der Waals surface area contributed by atoms with Crippen molar-refractivity contribution in [3.05, 3.63) is 29.8 Å². The molecule has 1 heterocycles. The number of carbonyl (C=O) groups excluding carboxylic acids is 2. The zero-order valence-electron chi connectivity index (χ0n) is 12.3. The van der Waals surface area contributed by atoms with E-state index in [2.05, 4.69) is 11.4 Å². The highest BCUT2D eigenvalue weighted by atomic mass is 16.2. The minimum Gasteiger partial charge on any atom is -0.353 e. The largest absolute Gasteiger partial charge is 0.353 e. The molecule has 0 saturated carbocycles. The van der Waals surface area contributed by atoms with Crippen LogP contribution in [0.5, 0.6) is 0 Å². The maximum atomic E-state index is 12.1. The summed E-state index contributed by atoms with van der Waals surface area (Å²) in [6.45, 7) is 4.28. The van der Waals surface area contributed by atoms with Crippen LogP contribution in [0.25, 0.3) is 0 Å². The first-order valence-electron chi connectivity index (χ1n) is 7.16. The van der Waals surface area contributed by atoms with E-state index in [9.17, 15) is 9.59 Å². The molecule has 1 aliphatic heterocycles. The zero-order chi connectivity index (χ0) is 15.4. The average molecular weight is 285 g/mol. The minimum absolute atomic E-state index is 0.0883. The monoisotopic (exact) mass is 285 g/mol. The molecule has 5 nitrogen and oxygen atoms in total. The molecule has 2 atom stereocenters. The van der Waals surface area contributed by atoms with Gasteiger partial charge in [-0.3, -0.25) is 9.59 Å². The van der Waals surface area contributed by atoms with Gasteiger partial charge in [0.15, 0.2) is 0 Å². The Kier molecular flexibility index (Phi) is 4.59. The molecule has 5 heteroatoms. The van der Waals surface area contributed by atoms with Gasteiger partial charge in [0, 0.05) is 19.0 Å². The summed E-state index contributed by atoms with van der Waals surface area (Å²) in [5.74, 6) is -0.546. The molecule has 1 N–H and O–H groups in total. The maximum absolute atomic E-state index is 12.1. The van der Waals surface area contributed by atoms with Crippen molar-refractivity contribution in [1.29, 1.82) is 5.26 Å². The van der Waals surface area contributed by atoms with Crippen molar-refractivity contribution in [2.75, 3.05) is 11.4 Å². The van der Waals surface area contributed by atoms with Crippen LogP contribution in [0.4, 0.5) is 5.69 Å². The molecular formula is C16H19N3O2. The number of benzene rings is 1. The minimum atomic E-state index is -0.349. The Morgan fingerprint density at radius 3 is 2.90 bits per heavy atom. The molecule has 0 radical (unpaired) electrons. The van der Waals surface area contributed by atoms with E-state index >= 15 is 0 Å². The van der Waals surface area contributed by atoms with Crippen molar-refractivity contribution in [1.82, 2.24) is 5.32 Å². The normalized spacial score (nSPS) is 19.2. The number of anilines is 1. The number of rotatable bonds is 4. The Morgan fingerprint density at radius 1 is 1.52 bits per heavy atom. The Morgan fingerprint density at radius 2 is 2.24 bits per heavy atom. The molecular weight excluding hydrogens is 266 g/mol. The summed E-state index contributed by atoms with van der Waals surface area (Å²) in [5.41, 5.74) is 1.04. The van der Waals surface area contributed by atoms with Gasteiger partial charge < -0.3 is 10.2 Å². The molecule has 1 fully saturated rings. The predicted molar refractivity (Wildman–Crippen MR) is 79.5 cm³/mol. The van der Waals surface area contributed by atoms with Gasteiger partial charge in [-0.1, -0.05) is 19.1 Å². The number of nitriles is 1. The van der Waals surface area contributed by atoms with Gasteiger partial charge in [-0.15, -0.1) is 0 Å². The van der Waals surface area contributed by atoms with Gasteiger partial charge in [0.25, 0.3) is 0 Å². The number of para-hydroxylation sites is 1. The highest BCUT2D eigenvalue weighted by molar-refractivity contribution is 6.01. The number of hydrogen-bond donors (Lipinski definition) is 1. The number of hydrogen-bond acceptors (Lipinski definition) is 3. The Labute approximate surface area is 124 Å². The van der Waals surface area contributed by atoms with Crippen LogP contribution in [0.2, 0.25) is 0 Å². The molecule has 2 amide bonds. The summed E-state index contributed by atoms with van der Waals surface area (Å²) in [4.78, 5) is 25.8. The molecule has 2 unspecified atom stereocenters. The predicted octanol–water partition coefficient (Wildman–Crippen LogP) is 1.83. The van der Waals surface area contributed by atoms with Crippen molar-refractivity contribution in [3.8, 4) is 6.07 Å². The molecule has 0 aromatic heterocycles. The second kappa shape index (κ2) is 6.40. The van der Waals surface area contributed by atoms with E-state index in [-0.39, 0.29) is 30.2 Å². The number of nitrogens with one attached hydrogen (secondary N) is 1. The first-order chi connectivity index (χ1) is 10.1. The molecule has 1 aromatic carbocycles. The average Bonchev–Trinajstić information content (AvgIpc) is 2.89. The molecule has 1 aliphatic rings. The second-order valence-electron chi connectivity index (χ2n) is 5.35. The van der Waals surface area contributed by atoms with Gasteiger partial charge >= 0.3 is 0 Å². The standard InChI is InChI=1S/C16H19N3O2/c1-3-11(2)18-16(21)13-8-15(20)19(10-13)14-7-5-4-6-12(14)9-17/h4-7,11,13H,3,8,10H2,1-2H3,(H,18,21).